The molecular formula is C27H27N5. The Bertz CT molecular complexity index is 1160. The van der Waals surface area contributed by atoms with Crippen LogP contribution in [0.5, 0.6) is 0 Å². The Morgan fingerprint density at radius 3 is 2.28 bits per heavy atom. The van der Waals surface area contributed by atoms with E-state index in [4.69, 9.17) is 9.98 Å². The minimum atomic E-state index is 0.822. The van der Waals surface area contributed by atoms with Gasteiger partial charge in [0.1, 0.15) is 5.71 Å². The maximum atomic E-state index is 5.02. The first-order chi connectivity index (χ1) is 15.8. The van der Waals surface area contributed by atoms with E-state index in [1.54, 1.807) is 0 Å². The molecule has 5 heteroatoms. The fourth-order valence-electron chi connectivity index (χ4n) is 4.87. The number of amidine groups is 1. The second-order valence-corrected chi connectivity index (χ2v) is 8.61. The SMILES string of the molecule is c1ccc(CN2CCN(c3ccc4c(c3)N3CCN=C3C(c3ccccc3)=N4)CC2)cc1. The van der Waals surface area contributed by atoms with Crippen molar-refractivity contribution in [1.82, 2.24) is 4.90 Å². The molecule has 160 valence electrons. The van der Waals surface area contributed by atoms with E-state index >= 15 is 0 Å². The molecule has 0 aromatic heterocycles. The average Bonchev–Trinajstić information content (AvgIpc) is 3.35. The van der Waals surface area contributed by atoms with E-state index < -0.39 is 0 Å². The van der Waals surface area contributed by atoms with Crippen molar-refractivity contribution in [3.63, 3.8) is 0 Å². The molecule has 0 N–H and O–H groups in total. The first-order valence-corrected chi connectivity index (χ1v) is 11.5. The molecule has 3 aliphatic heterocycles. The fourth-order valence-corrected chi connectivity index (χ4v) is 4.87. The maximum absolute atomic E-state index is 5.02. The van der Waals surface area contributed by atoms with Gasteiger partial charge in [-0.25, -0.2) is 4.99 Å². The van der Waals surface area contributed by atoms with Crippen molar-refractivity contribution in [2.45, 2.75) is 6.54 Å². The summed E-state index contributed by atoms with van der Waals surface area (Å²) in [6, 6.07) is 27.9. The van der Waals surface area contributed by atoms with E-state index in [9.17, 15) is 0 Å². The Balaban J connectivity index is 1.22. The van der Waals surface area contributed by atoms with Crippen molar-refractivity contribution in [3.05, 3.63) is 90.0 Å². The zero-order valence-electron chi connectivity index (χ0n) is 18.2. The molecule has 0 spiro atoms. The van der Waals surface area contributed by atoms with Crippen molar-refractivity contribution in [1.29, 1.82) is 0 Å². The zero-order chi connectivity index (χ0) is 21.3. The van der Waals surface area contributed by atoms with Gasteiger partial charge >= 0.3 is 0 Å². The van der Waals surface area contributed by atoms with Crippen LogP contribution < -0.4 is 9.80 Å². The van der Waals surface area contributed by atoms with Crippen LogP contribution in [0.2, 0.25) is 0 Å². The molecule has 32 heavy (non-hydrogen) atoms. The monoisotopic (exact) mass is 421 g/mol. The zero-order valence-corrected chi connectivity index (χ0v) is 18.2. The molecule has 0 unspecified atom stereocenters. The minimum absolute atomic E-state index is 0.822. The average molecular weight is 422 g/mol. The van der Waals surface area contributed by atoms with Gasteiger partial charge in [0, 0.05) is 50.5 Å². The molecule has 0 atom stereocenters. The molecule has 6 rings (SSSR count). The summed E-state index contributed by atoms with van der Waals surface area (Å²) in [5.41, 5.74) is 7.01. The van der Waals surface area contributed by atoms with Crippen molar-refractivity contribution in [2.75, 3.05) is 49.1 Å². The second kappa shape index (κ2) is 8.24. The topological polar surface area (TPSA) is 34.4 Å². The van der Waals surface area contributed by atoms with Gasteiger partial charge in [-0.05, 0) is 23.8 Å². The van der Waals surface area contributed by atoms with E-state index in [-0.39, 0.29) is 0 Å². The minimum Gasteiger partial charge on any atom is -0.369 e. The summed E-state index contributed by atoms with van der Waals surface area (Å²) in [6.07, 6.45) is 0. The summed E-state index contributed by atoms with van der Waals surface area (Å²) in [5, 5.41) is 0. The number of hydrogen-bond donors (Lipinski definition) is 0. The molecule has 1 fully saturated rings. The Kier molecular flexibility index (Phi) is 4.96. The van der Waals surface area contributed by atoms with Crippen LogP contribution in [0.4, 0.5) is 17.1 Å². The number of hydrogen-bond acceptors (Lipinski definition) is 5. The highest BCUT2D eigenvalue weighted by atomic mass is 15.3. The predicted octanol–water partition coefficient (Wildman–Crippen LogP) is 4.36. The summed E-state index contributed by atoms with van der Waals surface area (Å²) >= 11 is 0. The normalized spacial score (nSPS) is 18.1. The fraction of sp³-hybridized carbons (Fsp3) is 0.259. The first kappa shape index (κ1) is 19.3. The van der Waals surface area contributed by atoms with Crippen LogP contribution in [-0.4, -0.2) is 55.7 Å². The molecule has 5 nitrogen and oxygen atoms in total. The van der Waals surface area contributed by atoms with Crippen LogP contribution in [0.15, 0.2) is 88.8 Å². The van der Waals surface area contributed by atoms with E-state index in [0.29, 0.717) is 0 Å². The predicted molar refractivity (Wildman–Crippen MR) is 133 cm³/mol. The standard InChI is InChI=1S/C27H27N5/c1-3-7-21(8-4-1)20-30-15-17-31(18-16-30)23-11-12-24-25(19-23)32-14-13-28-27(32)26(29-24)22-9-5-2-6-10-22/h1-12,19H,13-18,20H2. The molecule has 0 bridgehead atoms. The molecule has 0 amide bonds. The molecule has 3 heterocycles. The van der Waals surface area contributed by atoms with Gasteiger partial charge in [-0.15, -0.1) is 0 Å². The molecule has 0 radical (unpaired) electrons. The number of piperazine rings is 1. The van der Waals surface area contributed by atoms with Gasteiger partial charge in [0.25, 0.3) is 0 Å². The van der Waals surface area contributed by atoms with Crippen molar-refractivity contribution >= 4 is 28.6 Å². The largest absolute Gasteiger partial charge is 0.369 e. The van der Waals surface area contributed by atoms with E-state index in [2.05, 4.69) is 87.5 Å². The summed E-state index contributed by atoms with van der Waals surface area (Å²) in [7, 11) is 0. The molecule has 0 saturated carbocycles. The summed E-state index contributed by atoms with van der Waals surface area (Å²) in [6.45, 7) is 7.03. The number of aliphatic imine (C=N–C) groups is 2. The molecule has 3 aliphatic rings. The smallest absolute Gasteiger partial charge is 0.155 e. The Morgan fingerprint density at radius 2 is 1.50 bits per heavy atom. The maximum Gasteiger partial charge on any atom is 0.155 e. The van der Waals surface area contributed by atoms with Gasteiger partial charge in [-0.2, -0.15) is 0 Å². The van der Waals surface area contributed by atoms with Crippen LogP contribution in [0.25, 0.3) is 0 Å². The number of anilines is 2. The summed E-state index contributed by atoms with van der Waals surface area (Å²) in [5.74, 6) is 1.01. The lowest BCUT2D eigenvalue weighted by Gasteiger charge is -2.37. The van der Waals surface area contributed by atoms with E-state index in [1.807, 2.05) is 6.07 Å². The third-order valence-corrected chi connectivity index (χ3v) is 6.57. The van der Waals surface area contributed by atoms with Gasteiger partial charge < -0.3 is 9.80 Å². The molecule has 0 aliphatic carbocycles. The number of rotatable bonds is 4. The molecule has 3 aromatic carbocycles. The highest BCUT2D eigenvalue weighted by Gasteiger charge is 2.31. The van der Waals surface area contributed by atoms with Crippen LogP contribution >= 0.6 is 0 Å². The number of fused-ring (bicyclic) bond motifs is 3. The van der Waals surface area contributed by atoms with Crippen LogP contribution in [-0.2, 0) is 6.54 Å². The lowest BCUT2D eigenvalue weighted by molar-refractivity contribution is 0.250. The second-order valence-electron chi connectivity index (χ2n) is 8.61. The highest BCUT2D eigenvalue weighted by Crippen LogP contribution is 2.38. The van der Waals surface area contributed by atoms with Gasteiger partial charge in [0.15, 0.2) is 5.84 Å². The first-order valence-electron chi connectivity index (χ1n) is 11.5. The van der Waals surface area contributed by atoms with Gasteiger partial charge in [-0.1, -0.05) is 60.7 Å². The molecule has 1 saturated heterocycles. The van der Waals surface area contributed by atoms with Gasteiger partial charge in [0.05, 0.1) is 17.9 Å². The van der Waals surface area contributed by atoms with Crippen LogP contribution in [0.1, 0.15) is 11.1 Å². The van der Waals surface area contributed by atoms with E-state index in [0.717, 1.165) is 68.6 Å². The molecular weight excluding hydrogens is 394 g/mol. The number of nitrogens with zero attached hydrogens (tertiary/aromatic N) is 5. The highest BCUT2D eigenvalue weighted by molar-refractivity contribution is 6.53. The Morgan fingerprint density at radius 1 is 0.750 bits per heavy atom. The van der Waals surface area contributed by atoms with Crippen LogP contribution in [0, 0.1) is 0 Å². The van der Waals surface area contributed by atoms with Gasteiger partial charge in [0.2, 0.25) is 0 Å². The summed E-state index contributed by atoms with van der Waals surface area (Å²) in [4.78, 5) is 17.2. The van der Waals surface area contributed by atoms with E-state index in [1.165, 1.54) is 16.9 Å². The molecule has 3 aromatic rings. The lowest BCUT2D eigenvalue weighted by atomic mass is 10.0. The Hall–Kier alpha value is -3.44. The van der Waals surface area contributed by atoms with Crippen molar-refractivity contribution in [3.8, 4) is 0 Å². The Labute approximate surface area is 189 Å². The third-order valence-electron chi connectivity index (χ3n) is 6.57. The quantitative estimate of drug-likeness (QED) is 0.628. The van der Waals surface area contributed by atoms with Crippen molar-refractivity contribution < 1.29 is 0 Å². The van der Waals surface area contributed by atoms with Gasteiger partial charge in [-0.3, -0.25) is 9.89 Å². The lowest BCUT2D eigenvalue weighted by Crippen LogP contribution is -2.46. The van der Waals surface area contributed by atoms with Crippen molar-refractivity contribution in [2.24, 2.45) is 9.98 Å². The van der Waals surface area contributed by atoms with Crippen LogP contribution in [0.3, 0.4) is 0 Å². The third kappa shape index (κ3) is 3.59. The summed E-state index contributed by atoms with van der Waals surface area (Å²) < 4.78 is 0. The number of benzene rings is 3.